The zero-order chi connectivity index (χ0) is 15.4. The van der Waals surface area contributed by atoms with Gasteiger partial charge in [0.1, 0.15) is 11.6 Å². The van der Waals surface area contributed by atoms with Crippen molar-refractivity contribution in [2.75, 3.05) is 13.7 Å². The summed E-state index contributed by atoms with van der Waals surface area (Å²) in [6.07, 6.45) is 0. The first kappa shape index (κ1) is 16.0. The van der Waals surface area contributed by atoms with Crippen LogP contribution in [0.3, 0.4) is 0 Å². The highest BCUT2D eigenvalue weighted by Gasteiger charge is 2.18. The Bertz CT molecular complexity index is 630. The van der Waals surface area contributed by atoms with E-state index in [1.165, 1.54) is 6.07 Å². The van der Waals surface area contributed by atoms with Gasteiger partial charge in [-0.3, -0.25) is 0 Å². The van der Waals surface area contributed by atoms with E-state index in [4.69, 9.17) is 4.74 Å². The summed E-state index contributed by atoms with van der Waals surface area (Å²) in [5.74, 6) is 0.589. The summed E-state index contributed by atoms with van der Waals surface area (Å²) in [5.41, 5.74) is 3.20. The molecule has 2 aromatic carbocycles. The lowest BCUT2D eigenvalue weighted by molar-refractivity contribution is 0.334. The van der Waals surface area contributed by atoms with Gasteiger partial charge in [-0.15, -0.1) is 0 Å². The van der Waals surface area contributed by atoms with Gasteiger partial charge >= 0.3 is 0 Å². The monoisotopic (exact) mass is 351 g/mol. The Hall–Kier alpha value is -1.39. The van der Waals surface area contributed by atoms with Gasteiger partial charge in [-0.2, -0.15) is 0 Å². The molecule has 0 bridgehead atoms. The summed E-state index contributed by atoms with van der Waals surface area (Å²) >= 11 is 3.25. The fraction of sp³-hybridized carbons (Fsp3) is 0.294. The second-order valence-electron chi connectivity index (χ2n) is 4.87. The van der Waals surface area contributed by atoms with Gasteiger partial charge in [0.25, 0.3) is 0 Å². The van der Waals surface area contributed by atoms with Gasteiger partial charge in [0, 0.05) is 5.56 Å². The van der Waals surface area contributed by atoms with E-state index < -0.39 is 0 Å². The van der Waals surface area contributed by atoms with E-state index in [-0.39, 0.29) is 11.9 Å². The van der Waals surface area contributed by atoms with Crippen LogP contribution < -0.4 is 10.1 Å². The lowest BCUT2D eigenvalue weighted by atomic mass is 9.96. The van der Waals surface area contributed by atoms with E-state index in [0.29, 0.717) is 11.1 Å². The van der Waals surface area contributed by atoms with Crippen LogP contribution in [-0.2, 0) is 0 Å². The van der Waals surface area contributed by atoms with Crippen molar-refractivity contribution in [3.05, 3.63) is 63.4 Å². The summed E-state index contributed by atoms with van der Waals surface area (Å²) in [6.45, 7) is 4.62. The first-order chi connectivity index (χ1) is 10.1. The molecule has 1 atom stereocenters. The second kappa shape index (κ2) is 7.05. The average molecular weight is 352 g/mol. The largest absolute Gasteiger partial charge is 0.494 e. The lowest BCUT2D eigenvalue weighted by Gasteiger charge is -2.21. The van der Waals surface area contributed by atoms with Crippen LogP contribution in [0.4, 0.5) is 4.39 Å². The van der Waals surface area contributed by atoms with Gasteiger partial charge in [-0.25, -0.2) is 4.39 Å². The molecule has 2 rings (SSSR count). The summed E-state index contributed by atoms with van der Waals surface area (Å²) in [7, 11) is 1.89. The zero-order valence-corrected chi connectivity index (χ0v) is 14.0. The first-order valence-electron chi connectivity index (χ1n) is 6.92. The SMILES string of the molecule is CCOc1ccc(C)cc1C(NC)c1ccc(F)c(Br)c1. The molecule has 0 spiro atoms. The first-order valence-corrected chi connectivity index (χ1v) is 7.71. The van der Waals surface area contributed by atoms with Gasteiger partial charge in [0.05, 0.1) is 17.1 Å². The van der Waals surface area contributed by atoms with Crippen LogP contribution in [0.1, 0.15) is 29.7 Å². The van der Waals surface area contributed by atoms with Crippen molar-refractivity contribution < 1.29 is 9.13 Å². The standard InChI is InChI=1S/C17H19BrFNO/c1-4-21-16-8-5-11(2)9-13(16)17(20-3)12-6-7-15(19)14(18)10-12/h5-10,17,20H,4H2,1-3H3. The molecule has 21 heavy (non-hydrogen) atoms. The predicted octanol–water partition coefficient (Wildman–Crippen LogP) is 4.60. The molecule has 1 unspecified atom stereocenters. The smallest absolute Gasteiger partial charge is 0.137 e. The fourth-order valence-corrected chi connectivity index (χ4v) is 2.77. The van der Waals surface area contributed by atoms with Crippen molar-refractivity contribution in [2.24, 2.45) is 0 Å². The maximum Gasteiger partial charge on any atom is 0.137 e. The number of hydrogen-bond donors (Lipinski definition) is 1. The van der Waals surface area contributed by atoms with Crippen LogP contribution in [0.25, 0.3) is 0 Å². The molecule has 0 aromatic heterocycles. The van der Waals surface area contributed by atoms with Gasteiger partial charge < -0.3 is 10.1 Å². The maximum absolute atomic E-state index is 13.4. The quantitative estimate of drug-likeness (QED) is 0.849. The van der Waals surface area contributed by atoms with Gasteiger partial charge in [0.15, 0.2) is 0 Å². The Morgan fingerprint density at radius 1 is 1.24 bits per heavy atom. The highest BCUT2D eigenvalue weighted by Crippen LogP contribution is 2.32. The Morgan fingerprint density at radius 2 is 2.00 bits per heavy atom. The van der Waals surface area contributed by atoms with Crippen LogP contribution in [0, 0.1) is 12.7 Å². The Kier molecular flexibility index (Phi) is 5.37. The van der Waals surface area contributed by atoms with Crippen molar-refractivity contribution in [1.82, 2.24) is 5.32 Å². The number of nitrogens with one attached hydrogen (secondary N) is 1. The van der Waals surface area contributed by atoms with E-state index in [1.807, 2.05) is 33.0 Å². The molecule has 112 valence electrons. The van der Waals surface area contributed by atoms with E-state index in [1.54, 1.807) is 12.1 Å². The predicted molar refractivity (Wildman–Crippen MR) is 87.4 cm³/mol. The summed E-state index contributed by atoms with van der Waals surface area (Å²) in [4.78, 5) is 0. The maximum atomic E-state index is 13.4. The van der Waals surface area contributed by atoms with Gasteiger partial charge in [-0.05, 0) is 60.6 Å². The molecule has 0 heterocycles. The normalized spacial score (nSPS) is 12.2. The molecular weight excluding hydrogens is 333 g/mol. The van der Waals surface area contributed by atoms with E-state index in [2.05, 4.69) is 27.3 Å². The summed E-state index contributed by atoms with van der Waals surface area (Å²) in [6, 6.07) is 11.1. The minimum Gasteiger partial charge on any atom is -0.494 e. The van der Waals surface area contributed by atoms with Crippen molar-refractivity contribution in [3.63, 3.8) is 0 Å². The molecule has 0 fully saturated rings. The third kappa shape index (κ3) is 3.63. The average Bonchev–Trinajstić information content (AvgIpc) is 2.46. The molecule has 0 aliphatic heterocycles. The molecule has 2 aromatic rings. The van der Waals surface area contributed by atoms with Crippen molar-refractivity contribution in [3.8, 4) is 5.75 Å². The van der Waals surface area contributed by atoms with Gasteiger partial charge in [0.2, 0.25) is 0 Å². The Balaban J connectivity index is 2.49. The van der Waals surface area contributed by atoms with Gasteiger partial charge in [-0.1, -0.05) is 23.8 Å². The van der Waals surface area contributed by atoms with Crippen molar-refractivity contribution in [2.45, 2.75) is 19.9 Å². The summed E-state index contributed by atoms with van der Waals surface area (Å²) < 4.78 is 19.6. The Labute approximate surface area is 133 Å². The van der Waals surface area contributed by atoms with Crippen LogP contribution in [0.2, 0.25) is 0 Å². The number of halogens is 2. The number of rotatable bonds is 5. The number of hydrogen-bond acceptors (Lipinski definition) is 2. The Morgan fingerprint density at radius 3 is 2.62 bits per heavy atom. The molecule has 0 aliphatic rings. The number of aryl methyl sites for hydroxylation is 1. The lowest BCUT2D eigenvalue weighted by Crippen LogP contribution is -2.19. The molecular formula is C17H19BrFNO. The third-order valence-electron chi connectivity index (χ3n) is 3.34. The molecule has 0 aliphatic carbocycles. The fourth-order valence-electron chi connectivity index (χ4n) is 2.37. The highest BCUT2D eigenvalue weighted by atomic mass is 79.9. The number of ether oxygens (including phenoxy) is 1. The molecule has 2 nitrogen and oxygen atoms in total. The minimum absolute atomic E-state index is 0.0525. The third-order valence-corrected chi connectivity index (χ3v) is 3.95. The summed E-state index contributed by atoms with van der Waals surface area (Å²) in [5, 5.41) is 3.28. The topological polar surface area (TPSA) is 21.3 Å². The molecule has 0 radical (unpaired) electrons. The molecule has 0 amide bonds. The van der Waals surface area contributed by atoms with E-state index >= 15 is 0 Å². The minimum atomic E-state index is -0.261. The van der Waals surface area contributed by atoms with Crippen LogP contribution in [0.5, 0.6) is 5.75 Å². The van der Waals surface area contributed by atoms with Crippen LogP contribution in [-0.4, -0.2) is 13.7 Å². The molecule has 0 saturated carbocycles. The number of benzene rings is 2. The van der Waals surface area contributed by atoms with E-state index in [9.17, 15) is 4.39 Å². The molecule has 0 saturated heterocycles. The zero-order valence-electron chi connectivity index (χ0n) is 12.4. The second-order valence-corrected chi connectivity index (χ2v) is 5.72. The van der Waals surface area contributed by atoms with Crippen molar-refractivity contribution in [1.29, 1.82) is 0 Å². The molecule has 1 N–H and O–H groups in total. The molecule has 4 heteroatoms. The van der Waals surface area contributed by atoms with Crippen LogP contribution >= 0.6 is 15.9 Å². The van der Waals surface area contributed by atoms with E-state index in [0.717, 1.165) is 22.4 Å². The van der Waals surface area contributed by atoms with Crippen LogP contribution in [0.15, 0.2) is 40.9 Å². The van der Waals surface area contributed by atoms with Crippen molar-refractivity contribution >= 4 is 15.9 Å². The highest BCUT2D eigenvalue weighted by molar-refractivity contribution is 9.10.